The summed E-state index contributed by atoms with van der Waals surface area (Å²) < 4.78 is 12.9. The Bertz CT molecular complexity index is 259. The molecule has 0 bridgehead atoms. The Balaban J connectivity index is 3.20. The maximum atomic E-state index is 12.9. The molecule has 0 heterocycles. The van der Waals surface area contributed by atoms with E-state index in [1.165, 1.54) is 6.07 Å². The Morgan fingerprint density at radius 2 is 2.18 bits per heavy atom. The van der Waals surface area contributed by atoms with E-state index in [2.05, 4.69) is 0 Å². The van der Waals surface area contributed by atoms with Crippen LogP contribution in [-0.4, -0.2) is 0 Å². The van der Waals surface area contributed by atoms with Crippen molar-refractivity contribution in [2.24, 2.45) is 0 Å². The molecule has 0 aromatic heterocycles. The van der Waals surface area contributed by atoms with Gasteiger partial charge in [-0.25, -0.2) is 4.39 Å². The molecule has 11 heavy (non-hydrogen) atoms. The third-order valence-corrected chi connectivity index (χ3v) is 1.66. The van der Waals surface area contributed by atoms with Crippen LogP contribution in [0.5, 0.6) is 0 Å². The van der Waals surface area contributed by atoms with E-state index in [-0.39, 0.29) is 5.82 Å². The lowest BCUT2D eigenvalue weighted by Crippen LogP contribution is -1.81. The molecule has 58 valence electrons. The predicted molar refractivity (Wildman–Crippen MR) is 46.1 cm³/mol. The van der Waals surface area contributed by atoms with Gasteiger partial charge in [-0.15, -0.1) is 0 Å². The second kappa shape index (κ2) is 3.54. The molecule has 0 fully saturated rings. The van der Waals surface area contributed by atoms with E-state index in [9.17, 15) is 4.39 Å². The van der Waals surface area contributed by atoms with Crippen LogP contribution in [0.2, 0.25) is 5.02 Å². The first kappa shape index (κ1) is 8.28. The molecule has 0 nitrogen and oxygen atoms in total. The number of hydrogen-bond donors (Lipinski definition) is 0. The van der Waals surface area contributed by atoms with Gasteiger partial charge >= 0.3 is 0 Å². The third kappa shape index (κ3) is 1.81. The van der Waals surface area contributed by atoms with Crippen LogP contribution in [-0.2, 0) is 0 Å². The summed E-state index contributed by atoms with van der Waals surface area (Å²) in [6, 6.07) is 4.64. The second-order valence-corrected chi connectivity index (χ2v) is 2.54. The summed E-state index contributed by atoms with van der Waals surface area (Å²) in [6.45, 7) is 1.82. The van der Waals surface area contributed by atoms with Gasteiger partial charge in [-0.2, -0.15) is 0 Å². The van der Waals surface area contributed by atoms with Gasteiger partial charge in [0.1, 0.15) is 5.82 Å². The number of hydrogen-bond acceptors (Lipinski definition) is 0. The van der Waals surface area contributed by atoms with Crippen molar-refractivity contribution < 1.29 is 4.39 Å². The van der Waals surface area contributed by atoms with Crippen molar-refractivity contribution in [3.05, 3.63) is 40.7 Å². The molecule has 0 N–H and O–H groups in total. The molecule has 1 aromatic rings. The SMILES string of the molecule is C/C=C/c1c(F)cccc1Cl. The van der Waals surface area contributed by atoms with E-state index in [1.54, 1.807) is 24.3 Å². The summed E-state index contributed by atoms with van der Waals surface area (Å²) >= 11 is 5.72. The summed E-state index contributed by atoms with van der Waals surface area (Å²) in [5.41, 5.74) is 0.455. The highest BCUT2D eigenvalue weighted by Crippen LogP contribution is 2.19. The van der Waals surface area contributed by atoms with E-state index in [4.69, 9.17) is 11.6 Å². The van der Waals surface area contributed by atoms with Gasteiger partial charge in [-0.05, 0) is 19.1 Å². The highest BCUT2D eigenvalue weighted by atomic mass is 35.5. The second-order valence-electron chi connectivity index (χ2n) is 2.14. The van der Waals surface area contributed by atoms with Gasteiger partial charge < -0.3 is 0 Å². The van der Waals surface area contributed by atoms with Crippen molar-refractivity contribution in [1.29, 1.82) is 0 Å². The first-order valence-corrected chi connectivity index (χ1v) is 3.70. The van der Waals surface area contributed by atoms with Crippen LogP contribution >= 0.6 is 11.6 Å². The fraction of sp³-hybridized carbons (Fsp3) is 0.111. The highest BCUT2D eigenvalue weighted by Gasteiger charge is 2.00. The average molecular weight is 171 g/mol. The predicted octanol–water partition coefficient (Wildman–Crippen LogP) is 3.51. The summed E-state index contributed by atoms with van der Waals surface area (Å²) in [5, 5.41) is 0.447. The molecular formula is C9H8ClF. The van der Waals surface area contributed by atoms with E-state index in [1.807, 2.05) is 6.92 Å². The first-order chi connectivity index (χ1) is 5.25. The fourth-order valence-electron chi connectivity index (χ4n) is 0.837. The van der Waals surface area contributed by atoms with E-state index in [0.717, 1.165) is 0 Å². The topological polar surface area (TPSA) is 0 Å². The van der Waals surface area contributed by atoms with Crippen LogP contribution in [0.1, 0.15) is 12.5 Å². The van der Waals surface area contributed by atoms with Crippen molar-refractivity contribution >= 4 is 17.7 Å². The smallest absolute Gasteiger partial charge is 0.131 e. The quantitative estimate of drug-likeness (QED) is 0.605. The molecule has 0 saturated heterocycles. The molecule has 0 spiro atoms. The summed E-state index contributed by atoms with van der Waals surface area (Å²) in [6.07, 6.45) is 3.40. The molecular weight excluding hydrogens is 163 g/mol. The molecule has 0 aliphatic rings. The lowest BCUT2D eigenvalue weighted by molar-refractivity contribution is 0.625. The van der Waals surface area contributed by atoms with Gasteiger partial charge in [-0.3, -0.25) is 0 Å². The molecule has 0 aliphatic heterocycles. The standard InChI is InChI=1S/C9H8ClF/c1-2-4-7-8(10)5-3-6-9(7)11/h2-6H,1H3/b4-2+. The van der Waals surface area contributed by atoms with Crippen molar-refractivity contribution in [2.75, 3.05) is 0 Å². The summed E-state index contributed by atoms with van der Waals surface area (Å²) in [4.78, 5) is 0. The minimum atomic E-state index is -0.282. The Labute approximate surface area is 70.3 Å². The van der Waals surface area contributed by atoms with Crippen LogP contribution in [0, 0.1) is 5.82 Å². The zero-order chi connectivity index (χ0) is 8.27. The van der Waals surface area contributed by atoms with Crippen LogP contribution < -0.4 is 0 Å². The van der Waals surface area contributed by atoms with Crippen molar-refractivity contribution in [3.63, 3.8) is 0 Å². The number of halogens is 2. The number of allylic oxidation sites excluding steroid dienone is 1. The minimum absolute atomic E-state index is 0.282. The maximum Gasteiger partial charge on any atom is 0.131 e. The molecule has 0 saturated carbocycles. The number of benzene rings is 1. The van der Waals surface area contributed by atoms with Crippen LogP contribution in [0.4, 0.5) is 4.39 Å². The summed E-state index contributed by atoms with van der Waals surface area (Å²) in [7, 11) is 0. The monoisotopic (exact) mass is 170 g/mol. The van der Waals surface area contributed by atoms with Crippen LogP contribution in [0.25, 0.3) is 6.08 Å². The molecule has 0 unspecified atom stereocenters. The van der Waals surface area contributed by atoms with Gasteiger partial charge in [0.15, 0.2) is 0 Å². The molecule has 1 aromatic carbocycles. The van der Waals surface area contributed by atoms with Crippen molar-refractivity contribution in [2.45, 2.75) is 6.92 Å². The fourth-order valence-corrected chi connectivity index (χ4v) is 1.06. The zero-order valence-electron chi connectivity index (χ0n) is 6.14. The molecule has 1 rings (SSSR count). The molecule has 0 amide bonds. The van der Waals surface area contributed by atoms with Gasteiger partial charge in [-0.1, -0.05) is 29.8 Å². The van der Waals surface area contributed by atoms with Crippen LogP contribution in [0.15, 0.2) is 24.3 Å². The Morgan fingerprint density at radius 3 is 2.73 bits per heavy atom. The maximum absolute atomic E-state index is 12.9. The van der Waals surface area contributed by atoms with E-state index < -0.39 is 0 Å². The zero-order valence-corrected chi connectivity index (χ0v) is 6.90. The lowest BCUT2D eigenvalue weighted by Gasteiger charge is -1.97. The van der Waals surface area contributed by atoms with Gasteiger partial charge in [0.2, 0.25) is 0 Å². The Kier molecular flexibility index (Phi) is 2.66. The summed E-state index contributed by atoms with van der Waals surface area (Å²) in [5.74, 6) is -0.282. The highest BCUT2D eigenvalue weighted by molar-refractivity contribution is 6.32. The average Bonchev–Trinajstić information content (AvgIpc) is 1.97. The van der Waals surface area contributed by atoms with Crippen molar-refractivity contribution in [3.8, 4) is 0 Å². The van der Waals surface area contributed by atoms with Gasteiger partial charge in [0.25, 0.3) is 0 Å². The third-order valence-electron chi connectivity index (χ3n) is 1.33. The lowest BCUT2D eigenvalue weighted by atomic mass is 10.2. The molecule has 0 radical (unpaired) electrons. The van der Waals surface area contributed by atoms with Crippen LogP contribution in [0.3, 0.4) is 0 Å². The normalized spacial score (nSPS) is 10.8. The van der Waals surface area contributed by atoms with Gasteiger partial charge in [0.05, 0.1) is 5.02 Å². The van der Waals surface area contributed by atoms with E-state index >= 15 is 0 Å². The number of rotatable bonds is 1. The molecule has 2 heteroatoms. The molecule has 0 atom stereocenters. The van der Waals surface area contributed by atoms with Crippen molar-refractivity contribution in [1.82, 2.24) is 0 Å². The Morgan fingerprint density at radius 1 is 1.45 bits per heavy atom. The molecule has 0 aliphatic carbocycles. The first-order valence-electron chi connectivity index (χ1n) is 3.32. The van der Waals surface area contributed by atoms with Gasteiger partial charge in [0, 0.05) is 5.56 Å². The largest absolute Gasteiger partial charge is 0.206 e. The Hall–Kier alpha value is -0.820. The minimum Gasteiger partial charge on any atom is -0.206 e. The van der Waals surface area contributed by atoms with E-state index in [0.29, 0.717) is 10.6 Å².